The van der Waals surface area contributed by atoms with Crippen LogP contribution in [0.15, 0.2) is 54.0 Å². The van der Waals surface area contributed by atoms with Crippen molar-refractivity contribution in [1.82, 2.24) is 14.8 Å². The number of benzene rings is 1. The predicted octanol–water partition coefficient (Wildman–Crippen LogP) is 4.42. The molecule has 4 rings (SSSR count). The maximum Gasteiger partial charge on any atom is 0.246 e. The van der Waals surface area contributed by atoms with Gasteiger partial charge in [0.25, 0.3) is 0 Å². The minimum atomic E-state index is -0.124. The normalized spacial score (nSPS) is 11.0. The van der Waals surface area contributed by atoms with Gasteiger partial charge in [-0.1, -0.05) is 23.8 Å². The number of hydrogen-bond acceptors (Lipinski definition) is 4. The third-order valence-corrected chi connectivity index (χ3v) is 5.13. The monoisotopic (exact) mass is 362 g/mol. The summed E-state index contributed by atoms with van der Waals surface area (Å²) in [4.78, 5) is 18.1. The number of fused-ring (bicyclic) bond motifs is 1. The van der Waals surface area contributed by atoms with Crippen LogP contribution in [0.5, 0.6) is 0 Å². The molecule has 26 heavy (non-hydrogen) atoms. The van der Waals surface area contributed by atoms with Crippen molar-refractivity contribution >= 4 is 34.0 Å². The quantitative estimate of drug-likeness (QED) is 0.585. The van der Waals surface area contributed by atoms with Gasteiger partial charge in [-0.25, -0.2) is 9.67 Å². The Hall–Kier alpha value is -2.99. The van der Waals surface area contributed by atoms with Crippen LogP contribution in [-0.2, 0) is 11.3 Å². The van der Waals surface area contributed by atoms with Crippen molar-refractivity contribution in [2.45, 2.75) is 20.4 Å². The van der Waals surface area contributed by atoms with Crippen LogP contribution in [0.2, 0.25) is 0 Å². The van der Waals surface area contributed by atoms with Crippen LogP contribution in [0.25, 0.3) is 21.5 Å². The third-order valence-electron chi connectivity index (χ3n) is 4.22. The number of aryl methyl sites for hydroxylation is 2. The molecule has 0 saturated heterocycles. The van der Waals surface area contributed by atoms with Gasteiger partial charge >= 0.3 is 0 Å². The summed E-state index contributed by atoms with van der Waals surface area (Å²) in [6.07, 6.45) is 1.77. The third kappa shape index (κ3) is 3.11. The summed E-state index contributed by atoms with van der Waals surface area (Å²) in [5.74, 6) is -0.124. The Morgan fingerprint density at radius 1 is 1.15 bits per heavy atom. The highest BCUT2D eigenvalue weighted by Crippen LogP contribution is 2.32. The lowest BCUT2D eigenvalue weighted by Crippen LogP contribution is -2.19. The Labute approximate surface area is 155 Å². The van der Waals surface area contributed by atoms with Gasteiger partial charge in [0.1, 0.15) is 6.54 Å². The molecule has 0 bridgehead atoms. The fraction of sp³-hybridized carbons (Fsp3) is 0.150. The van der Waals surface area contributed by atoms with Crippen molar-refractivity contribution in [2.24, 2.45) is 0 Å². The van der Waals surface area contributed by atoms with E-state index < -0.39 is 0 Å². The number of nitrogens with one attached hydrogen (secondary N) is 1. The molecule has 1 N–H and O–H groups in total. The Bertz CT molecular complexity index is 1070. The fourth-order valence-corrected chi connectivity index (χ4v) is 3.76. The zero-order valence-electron chi connectivity index (χ0n) is 14.6. The second-order valence-corrected chi connectivity index (χ2v) is 7.14. The van der Waals surface area contributed by atoms with Crippen LogP contribution in [0.4, 0.5) is 5.69 Å². The van der Waals surface area contributed by atoms with E-state index in [0.717, 1.165) is 33.5 Å². The van der Waals surface area contributed by atoms with Crippen LogP contribution in [0.3, 0.4) is 0 Å². The summed E-state index contributed by atoms with van der Waals surface area (Å²) >= 11 is 1.68. The molecule has 1 amide bonds. The minimum absolute atomic E-state index is 0.124. The number of aromatic nitrogens is 3. The molecule has 0 aliphatic rings. The highest BCUT2D eigenvalue weighted by atomic mass is 32.1. The lowest BCUT2D eigenvalue weighted by Gasteiger charge is -2.06. The highest BCUT2D eigenvalue weighted by molar-refractivity contribution is 7.13. The predicted molar refractivity (Wildman–Crippen MR) is 105 cm³/mol. The first kappa shape index (κ1) is 16.5. The Kier molecular flexibility index (Phi) is 4.26. The molecule has 0 atom stereocenters. The molecule has 0 aliphatic heterocycles. The zero-order chi connectivity index (χ0) is 18.1. The van der Waals surface area contributed by atoms with Gasteiger partial charge in [-0.3, -0.25) is 4.79 Å². The number of amides is 1. The van der Waals surface area contributed by atoms with Crippen molar-refractivity contribution in [3.8, 4) is 10.4 Å². The van der Waals surface area contributed by atoms with E-state index in [9.17, 15) is 4.79 Å². The van der Waals surface area contributed by atoms with E-state index in [-0.39, 0.29) is 12.5 Å². The molecule has 3 aromatic heterocycles. The number of nitrogens with zero attached hydrogens (tertiary/aromatic N) is 3. The lowest BCUT2D eigenvalue weighted by atomic mass is 10.1. The van der Waals surface area contributed by atoms with E-state index in [1.54, 1.807) is 22.2 Å². The average molecular weight is 362 g/mol. The maximum absolute atomic E-state index is 12.4. The van der Waals surface area contributed by atoms with E-state index in [2.05, 4.69) is 26.8 Å². The molecule has 0 fully saturated rings. The molecule has 6 heteroatoms. The van der Waals surface area contributed by atoms with E-state index in [1.807, 2.05) is 50.2 Å². The summed E-state index contributed by atoms with van der Waals surface area (Å²) in [7, 11) is 0. The second-order valence-electron chi connectivity index (χ2n) is 6.19. The maximum atomic E-state index is 12.4. The molecule has 0 aliphatic carbocycles. The number of hydrogen-bond donors (Lipinski definition) is 1. The first-order chi connectivity index (χ1) is 12.6. The SMILES string of the molecule is Cc1ccc(NC(=O)Cn2nc(C)c3c(-c4cccs4)ccnc32)cc1. The van der Waals surface area contributed by atoms with E-state index in [4.69, 9.17) is 0 Å². The van der Waals surface area contributed by atoms with Gasteiger partial charge in [-0.15, -0.1) is 11.3 Å². The molecule has 0 unspecified atom stereocenters. The van der Waals surface area contributed by atoms with Gasteiger partial charge in [0.2, 0.25) is 5.91 Å². The van der Waals surface area contributed by atoms with Gasteiger partial charge in [-0.2, -0.15) is 5.10 Å². The minimum Gasteiger partial charge on any atom is -0.324 e. The second kappa shape index (κ2) is 6.72. The van der Waals surface area contributed by atoms with Crippen LogP contribution in [0.1, 0.15) is 11.3 Å². The Balaban J connectivity index is 1.64. The van der Waals surface area contributed by atoms with Gasteiger partial charge < -0.3 is 5.32 Å². The summed E-state index contributed by atoms with van der Waals surface area (Å²) in [6.45, 7) is 4.09. The lowest BCUT2D eigenvalue weighted by molar-refractivity contribution is -0.116. The fourth-order valence-electron chi connectivity index (χ4n) is 3.00. The standard InChI is InChI=1S/C20H18N4OS/c1-13-5-7-15(8-6-13)22-18(25)12-24-20-19(14(2)23-24)16(9-10-21-20)17-4-3-11-26-17/h3-11H,12H2,1-2H3,(H,22,25). The number of anilines is 1. The van der Waals surface area contributed by atoms with Gasteiger partial charge in [0.05, 0.1) is 11.1 Å². The number of rotatable bonds is 4. The largest absolute Gasteiger partial charge is 0.324 e. The average Bonchev–Trinajstić information content (AvgIpc) is 3.26. The smallest absolute Gasteiger partial charge is 0.246 e. The molecular formula is C20H18N4OS. The molecule has 130 valence electrons. The van der Waals surface area contributed by atoms with E-state index in [1.165, 1.54) is 4.88 Å². The van der Waals surface area contributed by atoms with Crippen molar-refractivity contribution in [1.29, 1.82) is 0 Å². The molecule has 3 heterocycles. The molecule has 1 aromatic carbocycles. The van der Waals surface area contributed by atoms with Crippen LogP contribution >= 0.6 is 11.3 Å². The topological polar surface area (TPSA) is 59.8 Å². The Morgan fingerprint density at radius 2 is 1.96 bits per heavy atom. The van der Waals surface area contributed by atoms with Crippen molar-refractivity contribution in [3.05, 3.63) is 65.3 Å². The van der Waals surface area contributed by atoms with Gasteiger partial charge in [0.15, 0.2) is 5.65 Å². The summed E-state index contributed by atoms with van der Waals surface area (Å²) in [5, 5.41) is 10.5. The summed E-state index contributed by atoms with van der Waals surface area (Å²) in [6, 6.07) is 13.8. The Morgan fingerprint density at radius 3 is 2.69 bits per heavy atom. The number of pyridine rings is 1. The van der Waals surface area contributed by atoms with Gasteiger partial charge in [-0.05, 0) is 43.5 Å². The molecule has 5 nitrogen and oxygen atoms in total. The van der Waals surface area contributed by atoms with Gasteiger partial charge in [0, 0.05) is 22.3 Å². The summed E-state index contributed by atoms with van der Waals surface area (Å²) in [5.41, 5.74) is 4.64. The first-order valence-corrected chi connectivity index (χ1v) is 9.22. The van der Waals surface area contributed by atoms with Crippen molar-refractivity contribution < 1.29 is 4.79 Å². The molecular weight excluding hydrogens is 344 g/mol. The number of carbonyl (C=O) groups excluding carboxylic acids is 1. The van der Waals surface area contributed by atoms with E-state index in [0.29, 0.717) is 0 Å². The number of thiophene rings is 1. The zero-order valence-corrected chi connectivity index (χ0v) is 15.4. The van der Waals surface area contributed by atoms with Crippen LogP contribution in [0, 0.1) is 13.8 Å². The molecule has 4 aromatic rings. The first-order valence-electron chi connectivity index (χ1n) is 8.34. The highest BCUT2D eigenvalue weighted by Gasteiger charge is 2.16. The van der Waals surface area contributed by atoms with Crippen LogP contribution < -0.4 is 5.32 Å². The number of carbonyl (C=O) groups is 1. The summed E-state index contributed by atoms with van der Waals surface area (Å²) < 4.78 is 1.67. The van der Waals surface area contributed by atoms with E-state index >= 15 is 0 Å². The molecule has 0 radical (unpaired) electrons. The molecule has 0 spiro atoms. The van der Waals surface area contributed by atoms with Crippen LogP contribution in [-0.4, -0.2) is 20.7 Å². The molecule has 0 saturated carbocycles. The van der Waals surface area contributed by atoms with Crippen molar-refractivity contribution in [2.75, 3.05) is 5.32 Å². The van der Waals surface area contributed by atoms with Crippen molar-refractivity contribution in [3.63, 3.8) is 0 Å².